The fourth-order valence-electron chi connectivity index (χ4n) is 3.02. The quantitative estimate of drug-likeness (QED) is 0.590. The van der Waals surface area contributed by atoms with E-state index >= 15 is 0 Å². The molecule has 0 radical (unpaired) electrons. The number of thiazole rings is 1. The lowest BCUT2D eigenvalue weighted by atomic mass is 9.87. The van der Waals surface area contributed by atoms with Crippen molar-refractivity contribution in [1.82, 2.24) is 4.57 Å². The molecule has 0 saturated heterocycles. The molecule has 1 amide bonds. The van der Waals surface area contributed by atoms with Gasteiger partial charge in [-0.2, -0.15) is 4.99 Å². The largest absolute Gasteiger partial charge is 0.465 e. The first-order chi connectivity index (χ1) is 13.7. The third kappa shape index (κ3) is 4.82. The molecule has 0 aliphatic carbocycles. The summed E-state index contributed by atoms with van der Waals surface area (Å²) in [5, 5.41) is 0. The second-order valence-corrected chi connectivity index (χ2v) is 9.00. The number of aryl methyl sites for hydroxylation is 1. The SMILES string of the molecule is CCOC(=O)Cn1c(=NC(=O)c2ccc(C(C)(C)C)cc2)sc2cc(C)ccc21. The van der Waals surface area contributed by atoms with Gasteiger partial charge in [0.15, 0.2) is 4.80 Å². The second-order valence-electron chi connectivity index (χ2n) is 7.99. The molecule has 6 heteroatoms. The first kappa shape index (κ1) is 21.0. The van der Waals surface area contributed by atoms with Crippen molar-refractivity contribution in [1.29, 1.82) is 0 Å². The van der Waals surface area contributed by atoms with Gasteiger partial charge in [0, 0.05) is 5.56 Å². The summed E-state index contributed by atoms with van der Waals surface area (Å²) in [6.45, 7) is 10.5. The van der Waals surface area contributed by atoms with E-state index in [2.05, 4.69) is 25.8 Å². The number of benzene rings is 2. The van der Waals surface area contributed by atoms with E-state index < -0.39 is 0 Å². The summed E-state index contributed by atoms with van der Waals surface area (Å²) < 4.78 is 7.82. The number of carbonyl (C=O) groups excluding carboxylic acids is 2. The van der Waals surface area contributed by atoms with Gasteiger partial charge in [0.25, 0.3) is 5.91 Å². The van der Waals surface area contributed by atoms with Crippen molar-refractivity contribution in [3.05, 3.63) is 64.0 Å². The van der Waals surface area contributed by atoms with E-state index in [-0.39, 0.29) is 23.8 Å². The zero-order chi connectivity index (χ0) is 21.2. The predicted octanol–water partition coefficient (Wildman–Crippen LogP) is 4.61. The molecule has 0 fully saturated rings. The molecule has 1 heterocycles. The van der Waals surface area contributed by atoms with E-state index in [1.54, 1.807) is 23.6 Å². The highest BCUT2D eigenvalue weighted by Gasteiger charge is 2.15. The number of nitrogens with zero attached hydrogens (tertiary/aromatic N) is 2. The predicted molar refractivity (Wildman–Crippen MR) is 116 cm³/mol. The highest BCUT2D eigenvalue weighted by atomic mass is 32.1. The maximum atomic E-state index is 12.8. The normalized spacial score (nSPS) is 12.4. The van der Waals surface area contributed by atoms with E-state index in [0.717, 1.165) is 21.3 Å². The monoisotopic (exact) mass is 410 g/mol. The maximum Gasteiger partial charge on any atom is 0.326 e. The molecule has 0 unspecified atom stereocenters. The summed E-state index contributed by atoms with van der Waals surface area (Å²) in [6.07, 6.45) is 0. The van der Waals surface area contributed by atoms with Crippen LogP contribution < -0.4 is 4.80 Å². The Balaban J connectivity index is 2.04. The molecule has 3 aromatic rings. The van der Waals surface area contributed by atoms with E-state index in [9.17, 15) is 9.59 Å². The van der Waals surface area contributed by atoms with Gasteiger partial charge in [-0.25, -0.2) is 0 Å². The minimum Gasteiger partial charge on any atom is -0.465 e. The van der Waals surface area contributed by atoms with Crippen molar-refractivity contribution in [2.75, 3.05) is 6.61 Å². The molecule has 0 spiro atoms. The van der Waals surface area contributed by atoms with Crippen molar-refractivity contribution in [2.45, 2.75) is 46.6 Å². The van der Waals surface area contributed by atoms with Crippen LogP contribution in [0.5, 0.6) is 0 Å². The van der Waals surface area contributed by atoms with Crippen molar-refractivity contribution < 1.29 is 14.3 Å². The zero-order valence-corrected chi connectivity index (χ0v) is 18.3. The molecule has 0 bridgehead atoms. The van der Waals surface area contributed by atoms with Gasteiger partial charge >= 0.3 is 5.97 Å². The number of esters is 1. The first-order valence-corrected chi connectivity index (χ1v) is 10.5. The van der Waals surface area contributed by atoms with Crippen LogP contribution in [-0.2, 0) is 21.5 Å². The topological polar surface area (TPSA) is 60.7 Å². The van der Waals surface area contributed by atoms with Gasteiger partial charge in [0.2, 0.25) is 0 Å². The molecular weight excluding hydrogens is 384 g/mol. The van der Waals surface area contributed by atoms with Crippen molar-refractivity contribution in [3.8, 4) is 0 Å². The Hall–Kier alpha value is -2.73. The lowest BCUT2D eigenvalue weighted by molar-refractivity contribution is -0.143. The van der Waals surface area contributed by atoms with Gasteiger partial charge in [-0.3, -0.25) is 9.59 Å². The number of aromatic nitrogens is 1. The van der Waals surface area contributed by atoms with E-state index in [1.165, 1.54) is 11.3 Å². The van der Waals surface area contributed by atoms with Crippen LogP contribution >= 0.6 is 11.3 Å². The summed E-state index contributed by atoms with van der Waals surface area (Å²) in [5.41, 5.74) is 3.67. The van der Waals surface area contributed by atoms with Gasteiger partial charge in [-0.1, -0.05) is 50.3 Å². The molecule has 0 N–H and O–H groups in total. The van der Waals surface area contributed by atoms with E-state index in [1.807, 2.05) is 37.3 Å². The number of ether oxygens (including phenoxy) is 1. The fourth-order valence-corrected chi connectivity index (χ4v) is 4.14. The van der Waals surface area contributed by atoms with Crippen LogP contribution in [0.2, 0.25) is 0 Å². The van der Waals surface area contributed by atoms with Crippen molar-refractivity contribution in [3.63, 3.8) is 0 Å². The molecular formula is C23H26N2O3S. The van der Waals surface area contributed by atoms with E-state index in [0.29, 0.717) is 17.0 Å². The van der Waals surface area contributed by atoms with Crippen LogP contribution in [-0.4, -0.2) is 23.1 Å². The third-order valence-corrected chi connectivity index (χ3v) is 5.67. The number of hydrogen-bond acceptors (Lipinski definition) is 4. The summed E-state index contributed by atoms with van der Waals surface area (Å²) in [7, 11) is 0. The minimum absolute atomic E-state index is 0.0186. The van der Waals surface area contributed by atoms with Gasteiger partial charge in [-0.05, 0) is 54.7 Å². The Morgan fingerprint density at radius 1 is 1.10 bits per heavy atom. The molecule has 0 aliphatic heterocycles. The third-order valence-electron chi connectivity index (χ3n) is 4.63. The van der Waals surface area contributed by atoms with Crippen LogP contribution in [0.1, 0.15) is 49.2 Å². The summed E-state index contributed by atoms with van der Waals surface area (Å²) in [4.78, 5) is 29.7. The summed E-state index contributed by atoms with van der Waals surface area (Å²) >= 11 is 1.40. The summed E-state index contributed by atoms with van der Waals surface area (Å²) in [6, 6.07) is 13.5. The highest BCUT2D eigenvalue weighted by Crippen LogP contribution is 2.23. The van der Waals surface area contributed by atoms with Crippen LogP contribution in [0.25, 0.3) is 10.2 Å². The van der Waals surface area contributed by atoms with Gasteiger partial charge in [0.1, 0.15) is 6.54 Å². The van der Waals surface area contributed by atoms with Gasteiger partial charge in [-0.15, -0.1) is 0 Å². The van der Waals surface area contributed by atoms with Gasteiger partial charge < -0.3 is 9.30 Å². The maximum absolute atomic E-state index is 12.8. The van der Waals surface area contributed by atoms with Crippen LogP contribution in [0, 0.1) is 6.92 Å². The second kappa shape index (κ2) is 8.33. The molecule has 5 nitrogen and oxygen atoms in total. The van der Waals surface area contributed by atoms with Crippen LogP contribution in [0.4, 0.5) is 0 Å². The Morgan fingerprint density at radius 2 is 1.79 bits per heavy atom. The smallest absolute Gasteiger partial charge is 0.326 e. The Morgan fingerprint density at radius 3 is 2.41 bits per heavy atom. The average molecular weight is 411 g/mol. The number of rotatable bonds is 4. The molecule has 29 heavy (non-hydrogen) atoms. The van der Waals surface area contributed by atoms with Gasteiger partial charge in [0.05, 0.1) is 16.8 Å². The molecule has 2 aromatic carbocycles. The summed E-state index contributed by atoms with van der Waals surface area (Å²) in [5.74, 6) is -0.678. The molecule has 152 valence electrons. The Bertz CT molecular complexity index is 1120. The molecule has 3 rings (SSSR count). The van der Waals surface area contributed by atoms with Crippen molar-refractivity contribution in [2.24, 2.45) is 4.99 Å². The molecule has 1 aromatic heterocycles. The zero-order valence-electron chi connectivity index (χ0n) is 17.5. The minimum atomic E-state index is -0.351. The molecule has 0 saturated carbocycles. The number of fused-ring (bicyclic) bond motifs is 1. The average Bonchev–Trinajstić information content (AvgIpc) is 2.97. The standard InChI is InChI=1S/C23H26N2O3S/c1-6-28-20(26)14-25-18-12-7-15(2)13-19(18)29-22(25)24-21(27)16-8-10-17(11-9-16)23(3,4)5/h7-13H,6,14H2,1-5H3. The highest BCUT2D eigenvalue weighted by molar-refractivity contribution is 7.16. The lowest BCUT2D eigenvalue weighted by Crippen LogP contribution is -2.23. The molecule has 0 aliphatic rings. The number of amides is 1. The Kier molecular flexibility index (Phi) is 6.03. The van der Waals surface area contributed by atoms with Crippen LogP contribution in [0.3, 0.4) is 0 Å². The number of carbonyl (C=O) groups is 2. The van der Waals surface area contributed by atoms with E-state index in [4.69, 9.17) is 4.74 Å². The van der Waals surface area contributed by atoms with Crippen LogP contribution in [0.15, 0.2) is 47.5 Å². The van der Waals surface area contributed by atoms with Crippen molar-refractivity contribution >= 4 is 33.4 Å². The lowest BCUT2D eigenvalue weighted by Gasteiger charge is -2.18. The Labute approximate surface area is 174 Å². The number of hydrogen-bond donors (Lipinski definition) is 0. The first-order valence-electron chi connectivity index (χ1n) is 9.64. The fraction of sp³-hybridized carbons (Fsp3) is 0.348. The molecule has 0 atom stereocenters.